The van der Waals surface area contributed by atoms with Crippen LogP contribution in [-0.2, 0) is 4.74 Å². The first-order valence-corrected chi connectivity index (χ1v) is 10.1. The monoisotopic (exact) mass is 428 g/mol. The molecule has 2 aliphatic rings. The molecule has 1 unspecified atom stereocenters. The first-order chi connectivity index (χ1) is 14.8. The van der Waals surface area contributed by atoms with Crippen molar-refractivity contribution in [3.8, 4) is 0 Å². The van der Waals surface area contributed by atoms with E-state index >= 15 is 0 Å². The normalized spacial score (nSPS) is 24.6. The summed E-state index contributed by atoms with van der Waals surface area (Å²) in [6.07, 6.45) is 5.71. The molecule has 2 aliphatic heterocycles. The number of hydrogen-bond acceptors (Lipinski definition) is 7. The Balaban J connectivity index is 2.33. The third-order valence-electron chi connectivity index (χ3n) is 5.74. The molecule has 31 heavy (non-hydrogen) atoms. The van der Waals surface area contributed by atoms with Crippen molar-refractivity contribution < 1.29 is 13.9 Å². The van der Waals surface area contributed by atoms with Crippen LogP contribution in [-0.4, -0.2) is 49.3 Å². The number of likely N-dealkylation sites (N-methyl/N-ethyl adjacent to an activating group) is 1. The van der Waals surface area contributed by atoms with Gasteiger partial charge in [0.15, 0.2) is 5.88 Å². The van der Waals surface area contributed by atoms with Crippen LogP contribution in [0.2, 0.25) is 0 Å². The minimum absolute atomic E-state index is 0.156. The Hall–Kier alpha value is -3.49. The van der Waals surface area contributed by atoms with E-state index in [0.717, 1.165) is 19.3 Å². The van der Waals surface area contributed by atoms with Gasteiger partial charge in [0, 0.05) is 32.4 Å². The van der Waals surface area contributed by atoms with Crippen LogP contribution in [0.15, 0.2) is 53.3 Å². The number of amides is 1. The maximum Gasteiger partial charge on any atom is 0.259 e. The lowest BCUT2D eigenvalue weighted by molar-refractivity contribution is 0.0865. The lowest BCUT2D eigenvalue weighted by atomic mass is 9.90. The van der Waals surface area contributed by atoms with Crippen LogP contribution in [0.5, 0.6) is 0 Å². The molecule has 2 heterocycles. The number of nitrogens with two attached hydrogens (primary N) is 2. The van der Waals surface area contributed by atoms with Gasteiger partial charge < -0.3 is 26.4 Å². The van der Waals surface area contributed by atoms with Crippen LogP contribution in [0.3, 0.4) is 0 Å². The van der Waals surface area contributed by atoms with Gasteiger partial charge in [-0.15, -0.1) is 0 Å². The lowest BCUT2D eigenvalue weighted by Gasteiger charge is -2.39. The summed E-state index contributed by atoms with van der Waals surface area (Å²) in [5.41, 5.74) is 14.4. The quantitative estimate of drug-likeness (QED) is 0.536. The van der Waals surface area contributed by atoms with Gasteiger partial charge in [0.1, 0.15) is 11.7 Å². The third kappa shape index (κ3) is 4.08. The molecule has 1 amide bonds. The molecular formula is C22H29FN6O2. The van der Waals surface area contributed by atoms with Crippen LogP contribution in [0.1, 0.15) is 41.2 Å². The molecule has 0 aromatic heterocycles. The SMILES string of the molecule is CN\C(OC)=C1C(=N)N(C)C(=O)c2ccc(F)cc2C2CCCCN2C(=C/N)/C=C/1N. The number of amidine groups is 1. The third-order valence-corrected chi connectivity index (χ3v) is 5.74. The Kier molecular flexibility index (Phi) is 6.53. The molecule has 0 aliphatic carbocycles. The smallest absolute Gasteiger partial charge is 0.259 e. The number of hydrogen-bond donors (Lipinski definition) is 4. The van der Waals surface area contributed by atoms with Gasteiger partial charge in [-0.25, -0.2) is 4.39 Å². The summed E-state index contributed by atoms with van der Waals surface area (Å²) in [5.74, 6) is -0.766. The summed E-state index contributed by atoms with van der Waals surface area (Å²) in [6, 6.07) is 3.89. The van der Waals surface area contributed by atoms with Crippen molar-refractivity contribution >= 4 is 11.7 Å². The van der Waals surface area contributed by atoms with E-state index in [-0.39, 0.29) is 29.0 Å². The number of carbonyl (C=O) groups is 1. The molecular weight excluding hydrogens is 399 g/mol. The molecule has 1 aromatic carbocycles. The zero-order valence-corrected chi connectivity index (χ0v) is 18.0. The number of ether oxygens (including phenoxy) is 1. The first kappa shape index (κ1) is 22.2. The van der Waals surface area contributed by atoms with Crippen molar-refractivity contribution in [1.29, 1.82) is 5.41 Å². The van der Waals surface area contributed by atoms with E-state index in [9.17, 15) is 9.18 Å². The molecule has 0 bridgehead atoms. The highest BCUT2D eigenvalue weighted by molar-refractivity contribution is 6.13. The maximum absolute atomic E-state index is 14.3. The lowest BCUT2D eigenvalue weighted by Crippen LogP contribution is -2.37. The van der Waals surface area contributed by atoms with Gasteiger partial charge in [0.25, 0.3) is 5.91 Å². The van der Waals surface area contributed by atoms with E-state index < -0.39 is 11.7 Å². The van der Waals surface area contributed by atoms with Gasteiger partial charge in [0.2, 0.25) is 0 Å². The Morgan fingerprint density at radius 2 is 2.13 bits per heavy atom. The molecule has 1 atom stereocenters. The molecule has 1 fully saturated rings. The van der Waals surface area contributed by atoms with E-state index in [1.54, 1.807) is 13.1 Å². The number of carbonyl (C=O) groups excluding carboxylic acids is 1. The van der Waals surface area contributed by atoms with E-state index in [1.165, 1.54) is 43.5 Å². The van der Waals surface area contributed by atoms with E-state index in [0.29, 0.717) is 23.4 Å². The zero-order chi connectivity index (χ0) is 22.7. The molecule has 9 heteroatoms. The number of nitrogens with one attached hydrogen (secondary N) is 2. The fourth-order valence-corrected chi connectivity index (χ4v) is 4.18. The van der Waals surface area contributed by atoms with E-state index in [2.05, 4.69) is 5.32 Å². The number of nitrogens with zero attached hydrogens (tertiary/aromatic N) is 2. The molecule has 6 N–H and O–H groups in total. The van der Waals surface area contributed by atoms with Gasteiger partial charge in [-0.2, -0.15) is 0 Å². The van der Waals surface area contributed by atoms with Gasteiger partial charge in [0.05, 0.1) is 30.1 Å². The minimum Gasteiger partial charge on any atom is -0.482 e. The molecule has 166 valence electrons. The van der Waals surface area contributed by atoms with Gasteiger partial charge >= 0.3 is 0 Å². The second-order valence-corrected chi connectivity index (χ2v) is 7.50. The summed E-state index contributed by atoms with van der Waals surface area (Å²) < 4.78 is 19.6. The van der Waals surface area contributed by atoms with Crippen LogP contribution >= 0.6 is 0 Å². The standard InChI is InChI=1S/C22H29FN6O2/c1-27-21(31-3)19-17(25)11-14(12-24)29-9-5-4-6-18(29)16-10-13(23)7-8-15(16)22(30)28(2)20(19)26/h7-8,10-12,18,26-27H,4-6,9,24-25H2,1-3H3/b14-12+,17-11-,21-19+,26-20?. The van der Waals surface area contributed by atoms with Crippen LogP contribution in [0.4, 0.5) is 4.39 Å². The van der Waals surface area contributed by atoms with Crippen molar-refractivity contribution in [2.45, 2.75) is 25.3 Å². The second kappa shape index (κ2) is 9.11. The fourth-order valence-electron chi connectivity index (χ4n) is 4.18. The molecule has 1 aromatic rings. The Morgan fingerprint density at radius 3 is 2.77 bits per heavy atom. The van der Waals surface area contributed by atoms with Crippen molar-refractivity contribution in [3.05, 3.63) is 70.3 Å². The molecule has 0 radical (unpaired) electrons. The summed E-state index contributed by atoms with van der Waals surface area (Å²) in [5, 5.41) is 11.6. The molecule has 0 saturated carbocycles. The summed E-state index contributed by atoms with van der Waals surface area (Å²) >= 11 is 0. The topological polar surface area (TPSA) is 121 Å². The maximum atomic E-state index is 14.3. The number of piperidine rings is 1. The highest BCUT2D eigenvalue weighted by atomic mass is 19.1. The number of halogens is 1. The predicted molar refractivity (Wildman–Crippen MR) is 117 cm³/mol. The van der Waals surface area contributed by atoms with Crippen LogP contribution in [0.25, 0.3) is 0 Å². The molecule has 1 saturated heterocycles. The predicted octanol–water partition coefficient (Wildman–Crippen LogP) is 2.14. The summed E-state index contributed by atoms with van der Waals surface area (Å²) in [7, 11) is 4.58. The zero-order valence-electron chi connectivity index (χ0n) is 18.0. The van der Waals surface area contributed by atoms with Crippen LogP contribution in [0, 0.1) is 11.2 Å². The number of fused-ring (bicyclic) bond motifs is 3. The Labute approximate surface area is 181 Å². The van der Waals surface area contributed by atoms with Crippen molar-refractivity contribution in [2.75, 3.05) is 27.7 Å². The number of allylic oxidation sites excluding steroid dienone is 1. The Bertz CT molecular complexity index is 978. The average Bonchev–Trinajstić information content (AvgIpc) is 2.79. The van der Waals surface area contributed by atoms with E-state index in [4.69, 9.17) is 21.6 Å². The van der Waals surface area contributed by atoms with Crippen molar-refractivity contribution in [1.82, 2.24) is 15.1 Å². The molecule has 3 rings (SSSR count). The minimum atomic E-state index is -0.428. The van der Waals surface area contributed by atoms with Crippen molar-refractivity contribution in [2.24, 2.45) is 11.5 Å². The summed E-state index contributed by atoms with van der Waals surface area (Å²) in [4.78, 5) is 16.7. The highest BCUT2D eigenvalue weighted by Gasteiger charge is 2.33. The number of methoxy groups -OCH3 is 1. The number of rotatable bonds is 2. The van der Waals surface area contributed by atoms with E-state index in [1.807, 2.05) is 4.90 Å². The molecule has 8 nitrogen and oxygen atoms in total. The molecule has 0 spiro atoms. The second-order valence-electron chi connectivity index (χ2n) is 7.50. The Morgan fingerprint density at radius 1 is 1.39 bits per heavy atom. The largest absolute Gasteiger partial charge is 0.482 e. The van der Waals surface area contributed by atoms with Crippen molar-refractivity contribution in [3.63, 3.8) is 0 Å². The highest BCUT2D eigenvalue weighted by Crippen LogP contribution is 2.37. The number of benzene rings is 1. The summed E-state index contributed by atoms with van der Waals surface area (Å²) in [6.45, 7) is 0.678. The average molecular weight is 429 g/mol. The van der Waals surface area contributed by atoms with Gasteiger partial charge in [-0.1, -0.05) is 0 Å². The first-order valence-electron chi connectivity index (χ1n) is 10.1. The van der Waals surface area contributed by atoms with Gasteiger partial charge in [-0.3, -0.25) is 15.1 Å². The van der Waals surface area contributed by atoms with Gasteiger partial charge in [-0.05, 0) is 49.1 Å². The van der Waals surface area contributed by atoms with Crippen LogP contribution < -0.4 is 16.8 Å². The fraction of sp³-hybridized carbons (Fsp3) is 0.364.